The summed E-state index contributed by atoms with van der Waals surface area (Å²) in [4.78, 5) is 15.8. The van der Waals surface area contributed by atoms with E-state index in [1.165, 1.54) is 11.3 Å². The molecule has 0 radical (unpaired) electrons. The highest BCUT2D eigenvalue weighted by Crippen LogP contribution is 2.38. The highest BCUT2D eigenvalue weighted by Gasteiger charge is 2.39. The molecule has 1 aliphatic rings. The predicted octanol–water partition coefficient (Wildman–Crippen LogP) is 4.09. The van der Waals surface area contributed by atoms with Gasteiger partial charge in [0.15, 0.2) is 10.7 Å². The predicted molar refractivity (Wildman–Crippen MR) is 79.5 cm³/mol. The zero-order chi connectivity index (χ0) is 14.2. The number of nitrogens with one attached hydrogen (secondary N) is 1. The van der Waals surface area contributed by atoms with Crippen molar-refractivity contribution in [2.24, 2.45) is 0 Å². The molecule has 1 aromatic carbocycles. The van der Waals surface area contributed by atoms with Gasteiger partial charge < -0.3 is 10.1 Å². The smallest absolute Gasteiger partial charge is 0.306 e. The van der Waals surface area contributed by atoms with Crippen LogP contribution in [0.3, 0.4) is 0 Å². The van der Waals surface area contributed by atoms with Crippen molar-refractivity contribution in [1.29, 1.82) is 0 Å². The van der Waals surface area contributed by atoms with Crippen LogP contribution in [0.25, 0.3) is 0 Å². The van der Waals surface area contributed by atoms with E-state index in [0.29, 0.717) is 17.9 Å². The van der Waals surface area contributed by atoms with Crippen LogP contribution < -0.4 is 5.32 Å². The maximum absolute atomic E-state index is 11.3. The highest BCUT2D eigenvalue weighted by molar-refractivity contribution is 7.13. The molecule has 104 valence electrons. The molecule has 0 bridgehead atoms. The molecule has 0 unspecified atom stereocenters. The van der Waals surface area contributed by atoms with Gasteiger partial charge in [0, 0.05) is 18.2 Å². The molecular formula is C14H13ClN2O2S. The normalized spacial score (nSPS) is 21.8. The van der Waals surface area contributed by atoms with E-state index in [1.54, 1.807) is 0 Å². The van der Waals surface area contributed by atoms with E-state index < -0.39 is 5.60 Å². The lowest BCUT2D eigenvalue weighted by molar-refractivity contribution is -0.148. The van der Waals surface area contributed by atoms with Crippen LogP contribution in [0.2, 0.25) is 5.02 Å². The van der Waals surface area contributed by atoms with E-state index >= 15 is 0 Å². The van der Waals surface area contributed by atoms with E-state index in [9.17, 15) is 4.79 Å². The Morgan fingerprint density at radius 3 is 2.95 bits per heavy atom. The van der Waals surface area contributed by atoms with Crippen LogP contribution in [-0.2, 0) is 15.1 Å². The molecule has 1 fully saturated rings. The lowest BCUT2D eigenvalue weighted by atomic mass is 10.00. The van der Waals surface area contributed by atoms with Crippen molar-refractivity contribution in [3.05, 3.63) is 40.4 Å². The molecule has 6 heteroatoms. The fraction of sp³-hybridized carbons (Fsp3) is 0.286. The average Bonchev–Trinajstić information content (AvgIpc) is 3.01. The SMILES string of the molecule is C[C@]1(c2csc(Nc3ccccc3Cl)n2)CCC(=O)O1. The summed E-state index contributed by atoms with van der Waals surface area (Å²) in [5.74, 6) is -0.166. The van der Waals surface area contributed by atoms with Crippen LogP contribution >= 0.6 is 22.9 Å². The summed E-state index contributed by atoms with van der Waals surface area (Å²) in [7, 11) is 0. The topological polar surface area (TPSA) is 51.2 Å². The second-order valence-corrected chi connectivity index (χ2v) is 6.11. The Morgan fingerprint density at radius 1 is 1.45 bits per heavy atom. The van der Waals surface area contributed by atoms with Crippen molar-refractivity contribution in [2.45, 2.75) is 25.4 Å². The molecule has 4 nitrogen and oxygen atoms in total. The second kappa shape index (κ2) is 5.07. The first kappa shape index (κ1) is 13.4. The van der Waals surface area contributed by atoms with Gasteiger partial charge in [-0.3, -0.25) is 4.79 Å². The van der Waals surface area contributed by atoms with Gasteiger partial charge in [-0.25, -0.2) is 4.98 Å². The van der Waals surface area contributed by atoms with E-state index in [1.807, 2.05) is 36.6 Å². The molecule has 0 saturated carbocycles. The summed E-state index contributed by atoms with van der Waals surface area (Å²) < 4.78 is 5.37. The number of hydrogen-bond acceptors (Lipinski definition) is 5. The minimum atomic E-state index is -0.603. The molecule has 2 heterocycles. The summed E-state index contributed by atoms with van der Waals surface area (Å²) in [5.41, 5.74) is 0.986. The number of benzene rings is 1. The van der Waals surface area contributed by atoms with Gasteiger partial charge in [-0.1, -0.05) is 23.7 Å². The van der Waals surface area contributed by atoms with Crippen molar-refractivity contribution < 1.29 is 9.53 Å². The summed E-state index contributed by atoms with van der Waals surface area (Å²) in [5, 5.41) is 6.47. The average molecular weight is 309 g/mol. The Morgan fingerprint density at radius 2 is 2.25 bits per heavy atom. The maximum Gasteiger partial charge on any atom is 0.306 e. The molecule has 20 heavy (non-hydrogen) atoms. The Bertz CT molecular complexity index is 658. The van der Waals surface area contributed by atoms with Gasteiger partial charge in [0.25, 0.3) is 0 Å². The van der Waals surface area contributed by atoms with Gasteiger partial charge in [-0.05, 0) is 19.1 Å². The van der Waals surface area contributed by atoms with Gasteiger partial charge in [0.05, 0.1) is 16.4 Å². The molecule has 1 saturated heterocycles. The quantitative estimate of drug-likeness (QED) is 0.868. The van der Waals surface area contributed by atoms with Gasteiger partial charge in [-0.15, -0.1) is 11.3 Å². The molecule has 2 aromatic rings. The van der Waals surface area contributed by atoms with Crippen molar-refractivity contribution >= 4 is 39.7 Å². The number of nitrogens with zero attached hydrogens (tertiary/aromatic N) is 1. The standard InChI is InChI=1S/C14H13ClN2O2S/c1-14(7-6-12(18)19-14)11-8-20-13(17-11)16-10-5-3-2-4-9(10)15/h2-5,8H,6-7H2,1H3,(H,16,17)/t14-/m1/s1. The summed E-state index contributed by atoms with van der Waals surface area (Å²) in [6.07, 6.45) is 1.11. The minimum absolute atomic E-state index is 0.166. The number of aromatic nitrogens is 1. The third-order valence-electron chi connectivity index (χ3n) is 3.31. The Labute approximate surface area is 125 Å². The monoisotopic (exact) mass is 308 g/mol. The molecule has 0 aliphatic carbocycles. The summed E-state index contributed by atoms with van der Waals surface area (Å²) in [6.45, 7) is 1.90. The van der Waals surface area contributed by atoms with E-state index in [-0.39, 0.29) is 5.97 Å². The van der Waals surface area contributed by atoms with Gasteiger partial charge in [0.1, 0.15) is 0 Å². The number of hydrogen-bond donors (Lipinski definition) is 1. The van der Waals surface area contributed by atoms with Crippen molar-refractivity contribution in [2.75, 3.05) is 5.32 Å². The third kappa shape index (κ3) is 2.51. The Balaban J connectivity index is 1.81. The number of anilines is 2. The summed E-state index contributed by atoms with van der Waals surface area (Å²) in [6, 6.07) is 7.49. The molecule has 0 spiro atoms. The Hall–Kier alpha value is -1.59. The maximum atomic E-state index is 11.3. The molecule has 1 N–H and O–H groups in total. The lowest BCUT2D eigenvalue weighted by Crippen LogP contribution is -2.21. The van der Waals surface area contributed by atoms with Gasteiger partial charge >= 0.3 is 5.97 Å². The fourth-order valence-electron chi connectivity index (χ4n) is 2.13. The van der Waals surface area contributed by atoms with Gasteiger partial charge in [0.2, 0.25) is 0 Å². The lowest BCUT2D eigenvalue weighted by Gasteiger charge is -2.19. The van der Waals surface area contributed by atoms with E-state index in [4.69, 9.17) is 16.3 Å². The molecule has 1 aliphatic heterocycles. The first-order valence-electron chi connectivity index (χ1n) is 6.26. The van der Waals surface area contributed by atoms with Crippen LogP contribution in [-0.4, -0.2) is 11.0 Å². The number of ether oxygens (including phenoxy) is 1. The highest BCUT2D eigenvalue weighted by atomic mass is 35.5. The molecule has 1 aromatic heterocycles. The van der Waals surface area contributed by atoms with Crippen molar-refractivity contribution in [3.8, 4) is 0 Å². The second-order valence-electron chi connectivity index (χ2n) is 4.85. The Kier molecular flexibility index (Phi) is 3.40. The first-order chi connectivity index (χ1) is 9.57. The fourth-order valence-corrected chi connectivity index (χ4v) is 3.15. The van der Waals surface area contributed by atoms with E-state index in [2.05, 4.69) is 10.3 Å². The molecule has 3 rings (SSSR count). The molecular weight excluding hydrogens is 296 g/mol. The third-order valence-corrected chi connectivity index (χ3v) is 4.39. The minimum Gasteiger partial charge on any atom is -0.453 e. The van der Waals surface area contributed by atoms with E-state index in [0.717, 1.165) is 16.5 Å². The number of halogens is 1. The first-order valence-corrected chi connectivity index (χ1v) is 7.52. The van der Waals surface area contributed by atoms with Crippen LogP contribution in [0, 0.1) is 0 Å². The largest absolute Gasteiger partial charge is 0.453 e. The zero-order valence-corrected chi connectivity index (χ0v) is 12.4. The molecule has 0 amide bonds. The van der Waals surface area contributed by atoms with Crippen molar-refractivity contribution in [3.63, 3.8) is 0 Å². The number of rotatable bonds is 3. The van der Waals surface area contributed by atoms with Crippen LogP contribution in [0.15, 0.2) is 29.6 Å². The number of para-hydroxylation sites is 1. The van der Waals surface area contributed by atoms with Crippen LogP contribution in [0.4, 0.5) is 10.8 Å². The summed E-state index contributed by atoms with van der Waals surface area (Å²) >= 11 is 7.57. The van der Waals surface area contributed by atoms with Crippen LogP contribution in [0.1, 0.15) is 25.5 Å². The number of esters is 1. The molecule has 1 atom stereocenters. The number of carbonyl (C=O) groups excluding carboxylic acids is 1. The zero-order valence-electron chi connectivity index (χ0n) is 10.9. The number of cyclic esters (lactones) is 1. The number of carbonyl (C=O) groups is 1. The van der Waals surface area contributed by atoms with Crippen LogP contribution in [0.5, 0.6) is 0 Å². The van der Waals surface area contributed by atoms with Crippen molar-refractivity contribution in [1.82, 2.24) is 4.98 Å². The number of thiazole rings is 1. The van der Waals surface area contributed by atoms with Gasteiger partial charge in [-0.2, -0.15) is 0 Å².